The number of sulfonamides is 1. The summed E-state index contributed by atoms with van der Waals surface area (Å²) in [6.07, 6.45) is 1.13. The molecule has 1 aliphatic rings. The Kier molecular flexibility index (Phi) is 6.26. The molecule has 0 atom stereocenters. The number of piperidine rings is 1. The van der Waals surface area contributed by atoms with Gasteiger partial charge in [-0.15, -0.1) is 11.3 Å². The minimum Gasteiger partial charge on any atom is -0.496 e. The van der Waals surface area contributed by atoms with Crippen LogP contribution in [0.2, 0.25) is 0 Å². The minimum atomic E-state index is -3.50. The van der Waals surface area contributed by atoms with Crippen molar-refractivity contribution in [3.63, 3.8) is 0 Å². The van der Waals surface area contributed by atoms with Crippen LogP contribution in [0, 0.1) is 6.92 Å². The molecule has 0 bridgehead atoms. The summed E-state index contributed by atoms with van der Waals surface area (Å²) in [4.78, 5) is 14.6. The maximum Gasteiger partial charge on any atom is 0.254 e. The molecule has 1 fully saturated rings. The molecule has 0 aliphatic carbocycles. The molecule has 0 spiro atoms. The first-order valence-corrected chi connectivity index (χ1v) is 11.3. The first-order chi connectivity index (χ1) is 13.4. The zero-order valence-corrected chi connectivity index (χ0v) is 17.7. The molecule has 2 aromatic rings. The summed E-state index contributed by atoms with van der Waals surface area (Å²) in [5, 5.41) is 1.74. The normalized spacial score (nSPS) is 15.5. The van der Waals surface area contributed by atoms with Crippen LogP contribution in [0.4, 0.5) is 0 Å². The molecule has 0 unspecified atom stereocenters. The summed E-state index contributed by atoms with van der Waals surface area (Å²) in [7, 11) is -0.384. The molecule has 7 nitrogen and oxygen atoms in total. The second-order valence-corrected chi connectivity index (χ2v) is 9.51. The van der Waals surface area contributed by atoms with E-state index in [0.29, 0.717) is 47.2 Å². The molecule has 1 N–H and O–H groups in total. The van der Waals surface area contributed by atoms with E-state index in [1.807, 2.05) is 6.92 Å². The van der Waals surface area contributed by atoms with Gasteiger partial charge < -0.3 is 14.4 Å². The molecule has 1 aromatic carbocycles. The van der Waals surface area contributed by atoms with E-state index in [1.54, 1.807) is 48.8 Å². The Labute approximate surface area is 169 Å². The summed E-state index contributed by atoms with van der Waals surface area (Å²) in [5.41, 5.74) is 1.33. The number of methoxy groups -OCH3 is 2. The highest BCUT2D eigenvalue weighted by molar-refractivity contribution is 7.91. The van der Waals surface area contributed by atoms with Gasteiger partial charge in [-0.05, 0) is 43.3 Å². The van der Waals surface area contributed by atoms with Crippen LogP contribution in [-0.2, 0) is 10.0 Å². The van der Waals surface area contributed by atoms with Gasteiger partial charge >= 0.3 is 0 Å². The van der Waals surface area contributed by atoms with Crippen LogP contribution in [0.1, 0.15) is 28.8 Å². The van der Waals surface area contributed by atoms with Gasteiger partial charge in [0.1, 0.15) is 15.7 Å². The fourth-order valence-corrected chi connectivity index (χ4v) is 5.60. The summed E-state index contributed by atoms with van der Waals surface area (Å²) >= 11 is 1.19. The number of carbonyl (C=O) groups is 1. The number of benzene rings is 1. The second kappa shape index (κ2) is 8.50. The lowest BCUT2D eigenvalue weighted by atomic mass is 10.0. The van der Waals surface area contributed by atoms with E-state index in [-0.39, 0.29) is 11.9 Å². The van der Waals surface area contributed by atoms with Crippen LogP contribution in [0.15, 0.2) is 33.9 Å². The molecule has 28 heavy (non-hydrogen) atoms. The Morgan fingerprint density at radius 1 is 1.18 bits per heavy atom. The monoisotopic (exact) mass is 424 g/mol. The lowest BCUT2D eigenvalue weighted by Gasteiger charge is -2.32. The van der Waals surface area contributed by atoms with Crippen molar-refractivity contribution in [2.75, 3.05) is 27.3 Å². The fourth-order valence-electron chi connectivity index (χ4n) is 3.29. The fraction of sp³-hybridized carbons (Fsp3) is 0.421. The lowest BCUT2D eigenvalue weighted by Crippen LogP contribution is -2.46. The third-order valence-electron chi connectivity index (χ3n) is 4.86. The zero-order valence-electron chi connectivity index (χ0n) is 16.1. The lowest BCUT2D eigenvalue weighted by molar-refractivity contribution is 0.0710. The Balaban J connectivity index is 1.66. The van der Waals surface area contributed by atoms with E-state index in [0.717, 1.165) is 5.56 Å². The highest BCUT2D eigenvalue weighted by Crippen LogP contribution is 2.30. The second-order valence-electron chi connectivity index (χ2n) is 6.63. The predicted octanol–water partition coefficient (Wildman–Crippen LogP) is 2.66. The van der Waals surface area contributed by atoms with Crippen LogP contribution < -0.4 is 14.2 Å². The van der Waals surface area contributed by atoms with Crippen molar-refractivity contribution in [3.05, 3.63) is 40.8 Å². The Bertz CT molecular complexity index is 908. The smallest absolute Gasteiger partial charge is 0.254 e. The van der Waals surface area contributed by atoms with Crippen LogP contribution in [0.5, 0.6) is 11.5 Å². The van der Waals surface area contributed by atoms with Crippen molar-refractivity contribution in [3.8, 4) is 11.5 Å². The van der Waals surface area contributed by atoms with E-state index in [4.69, 9.17) is 9.47 Å². The average Bonchev–Trinajstić information content (AvgIpc) is 3.24. The molecule has 2 heterocycles. The number of hydrogen-bond donors (Lipinski definition) is 1. The van der Waals surface area contributed by atoms with Crippen LogP contribution in [-0.4, -0.2) is 52.6 Å². The standard InChI is InChI=1S/C19H24N2O5S2/c1-13-16(25-2)11-14(12-17(13)26-3)19(22)21-8-6-15(7-9-21)20-28(23,24)18-5-4-10-27-18/h4-5,10-12,15,20H,6-9H2,1-3H3. The summed E-state index contributed by atoms with van der Waals surface area (Å²) in [6.45, 7) is 2.83. The average molecular weight is 425 g/mol. The molecule has 9 heteroatoms. The number of nitrogens with one attached hydrogen (secondary N) is 1. The van der Waals surface area contributed by atoms with Gasteiger partial charge in [0.15, 0.2) is 0 Å². The first kappa shape index (κ1) is 20.6. The highest BCUT2D eigenvalue weighted by Gasteiger charge is 2.28. The molecule has 3 rings (SSSR count). The van der Waals surface area contributed by atoms with Gasteiger partial charge in [0.25, 0.3) is 5.91 Å². The number of rotatable bonds is 6. The number of nitrogens with zero attached hydrogens (tertiary/aromatic N) is 1. The molecule has 1 amide bonds. The topological polar surface area (TPSA) is 84.9 Å². The molecule has 0 radical (unpaired) electrons. The van der Waals surface area contributed by atoms with Crippen molar-refractivity contribution >= 4 is 27.3 Å². The number of amides is 1. The molecule has 1 saturated heterocycles. The van der Waals surface area contributed by atoms with Crippen molar-refractivity contribution in [2.45, 2.75) is 30.0 Å². The zero-order chi connectivity index (χ0) is 20.3. The highest BCUT2D eigenvalue weighted by atomic mass is 32.2. The minimum absolute atomic E-state index is 0.115. The largest absolute Gasteiger partial charge is 0.496 e. The quantitative estimate of drug-likeness (QED) is 0.771. The molecular formula is C19H24N2O5S2. The SMILES string of the molecule is COc1cc(C(=O)N2CCC(NS(=O)(=O)c3cccs3)CC2)cc(OC)c1C. The van der Waals surface area contributed by atoms with Gasteiger partial charge in [0.05, 0.1) is 14.2 Å². The number of hydrogen-bond acceptors (Lipinski definition) is 6. The van der Waals surface area contributed by atoms with Crippen LogP contribution >= 0.6 is 11.3 Å². The number of ether oxygens (including phenoxy) is 2. The van der Waals surface area contributed by atoms with E-state index < -0.39 is 10.0 Å². The number of thiophene rings is 1. The van der Waals surface area contributed by atoms with E-state index in [2.05, 4.69) is 4.72 Å². The van der Waals surface area contributed by atoms with Gasteiger partial charge in [0.2, 0.25) is 10.0 Å². The molecule has 1 aromatic heterocycles. The summed E-state index contributed by atoms with van der Waals surface area (Å²) in [6, 6.07) is 6.55. The summed E-state index contributed by atoms with van der Waals surface area (Å²) in [5.74, 6) is 1.08. The third kappa shape index (κ3) is 4.31. The Morgan fingerprint density at radius 2 is 1.79 bits per heavy atom. The van der Waals surface area contributed by atoms with Gasteiger partial charge in [-0.2, -0.15) is 0 Å². The maximum absolute atomic E-state index is 12.9. The van der Waals surface area contributed by atoms with E-state index in [1.165, 1.54) is 11.3 Å². The molecule has 0 saturated carbocycles. The van der Waals surface area contributed by atoms with Gasteiger partial charge in [-0.3, -0.25) is 4.79 Å². The first-order valence-electron chi connectivity index (χ1n) is 8.93. The van der Waals surface area contributed by atoms with Gasteiger partial charge in [0, 0.05) is 30.3 Å². The van der Waals surface area contributed by atoms with Crippen molar-refractivity contribution < 1.29 is 22.7 Å². The maximum atomic E-state index is 12.9. The summed E-state index contributed by atoms with van der Waals surface area (Å²) < 4.78 is 38.5. The van der Waals surface area contributed by atoms with Gasteiger partial charge in [-0.1, -0.05) is 6.07 Å². The van der Waals surface area contributed by atoms with E-state index in [9.17, 15) is 13.2 Å². The van der Waals surface area contributed by atoms with Crippen molar-refractivity contribution in [1.29, 1.82) is 0 Å². The predicted molar refractivity (Wildman–Crippen MR) is 108 cm³/mol. The van der Waals surface area contributed by atoms with Crippen molar-refractivity contribution in [2.24, 2.45) is 0 Å². The molecular weight excluding hydrogens is 400 g/mol. The Hall–Kier alpha value is -2.10. The molecule has 1 aliphatic heterocycles. The Morgan fingerprint density at radius 3 is 2.29 bits per heavy atom. The van der Waals surface area contributed by atoms with Crippen molar-refractivity contribution in [1.82, 2.24) is 9.62 Å². The third-order valence-corrected chi connectivity index (χ3v) is 7.78. The number of carbonyl (C=O) groups excluding carboxylic acids is 1. The molecule has 152 valence electrons. The van der Waals surface area contributed by atoms with Crippen LogP contribution in [0.3, 0.4) is 0 Å². The number of likely N-dealkylation sites (tertiary alicyclic amines) is 1. The van der Waals surface area contributed by atoms with Crippen LogP contribution in [0.25, 0.3) is 0 Å². The van der Waals surface area contributed by atoms with Gasteiger partial charge in [-0.25, -0.2) is 13.1 Å². The van der Waals surface area contributed by atoms with E-state index >= 15 is 0 Å².